The zero-order valence-electron chi connectivity index (χ0n) is 17.4. The summed E-state index contributed by atoms with van der Waals surface area (Å²) in [5.41, 5.74) is 0.476. The van der Waals surface area contributed by atoms with E-state index in [1.165, 1.54) is 0 Å². The van der Waals surface area contributed by atoms with Gasteiger partial charge >= 0.3 is 0 Å². The van der Waals surface area contributed by atoms with E-state index in [4.69, 9.17) is 9.84 Å². The molecule has 2 fully saturated rings. The lowest BCUT2D eigenvalue weighted by Crippen LogP contribution is -2.56. The van der Waals surface area contributed by atoms with Crippen molar-refractivity contribution < 1.29 is 24.5 Å². The number of hydrogen-bond acceptors (Lipinski definition) is 5. The number of nitrogens with one attached hydrogen (secondary N) is 1. The van der Waals surface area contributed by atoms with Gasteiger partial charge in [0, 0.05) is 31.0 Å². The molecule has 0 heterocycles. The van der Waals surface area contributed by atoms with E-state index in [9.17, 15) is 14.7 Å². The molecule has 0 bridgehead atoms. The minimum absolute atomic E-state index is 0.0398. The van der Waals surface area contributed by atoms with Gasteiger partial charge in [0.25, 0.3) is 0 Å². The first-order valence-electron chi connectivity index (χ1n) is 11.0. The van der Waals surface area contributed by atoms with E-state index in [2.05, 4.69) is 27.9 Å². The lowest BCUT2D eigenvalue weighted by Gasteiger charge is -2.41. The normalized spacial score (nSPS) is 25.5. The number of nitrogens with zero attached hydrogens (tertiary/aromatic N) is 1. The van der Waals surface area contributed by atoms with Gasteiger partial charge in [0.15, 0.2) is 0 Å². The van der Waals surface area contributed by atoms with Crippen LogP contribution >= 0.6 is 22.6 Å². The molecule has 0 aliphatic heterocycles. The Balaban J connectivity index is 1.61. The largest absolute Gasteiger partial charge is 0.482 e. The van der Waals surface area contributed by atoms with Gasteiger partial charge in [-0.05, 0) is 72.4 Å². The highest BCUT2D eigenvalue weighted by atomic mass is 127. The molecule has 168 valence electrons. The van der Waals surface area contributed by atoms with Crippen molar-refractivity contribution in [1.29, 1.82) is 0 Å². The highest BCUT2D eigenvalue weighted by Crippen LogP contribution is 2.38. The second-order valence-electron chi connectivity index (χ2n) is 8.65. The summed E-state index contributed by atoms with van der Waals surface area (Å²) in [4.78, 5) is 27.6. The van der Waals surface area contributed by atoms with Crippen molar-refractivity contribution in [2.75, 3.05) is 19.7 Å². The molecule has 1 aromatic carbocycles. The van der Waals surface area contributed by atoms with Gasteiger partial charge in [0.1, 0.15) is 18.0 Å². The van der Waals surface area contributed by atoms with Gasteiger partial charge in [0.05, 0.1) is 16.2 Å². The minimum atomic E-state index is -0.938. The predicted molar refractivity (Wildman–Crippen MR) is 123 cm³/mol. The zero-order chi connectivity index (χ0) is 22.0. The first-order valence-corrected chi connectivity index (χ1v) is 12.0. The molecule has 31 heavy (non-hydrogen) atoms. The Hall–Kier alpha value is -1.65. The Morgan fingerprint density at radius 3 is 2.58 bits per heavy atom. The molecule has 3 aliphatic carbocycles. The van der Waals surface area contributed by atoms with Crippen LogP contribution in [-0.2, 0) is 9.59 Å². The molecule has 0 spiro atoms. The predicted octanol–water partition coefficient (Wildman–Crippen LogP) is 1.86. The van der Waals surface area contributed by atoms with Crippen LogP contribution in [0.3, 0.4) is 0 Å². The molecule has 2 saturated carbocycles. The maximum absolute atomic E-state index is 13.1. The van der Waals surface area contributed by atoms with Crippen LogP contribution in [0.2, 0.25) is 0 Å². The van der Waals surface area contributed by atoms with E-state index in [1.807, 2.05) is 29.2 Å². The molecule has 0 aromatic heterocycles. The van der Waals surface area contributed by atoms with Gasteiger partial charge in [-0.3, -0.25) is 9.59 Å². The van der Waals surface area contributed by atoms with Gasteiger partial charge in [-0.2, -0.15) is 0 Å². The maximum atomic E-state index is 13.1. The van der Waals surface area contributed by atoms with Crippen molar-refractivity contribution in [1.82, 2.24) is 10.2 Å². The van der Waals surface area contributed by atoms with E-state index in [0.717, 1.165) is 29.3 Å². The third-order valence-corrected chi connectivity index (χ3v) is 6.97. The Bertz CT molecular complexity index is 852. The van der Waals surface area contributed by atoms with Crippen molar-refractivity contribution in [2.45, 2.75) is 50.4 Å². The van der Waals surface area contributed by atoms with Crippen molar-refractivity contribution in [3.05, 3.63) is 39.5 Å². The average molecular weight is 540 g/mol. The first kappa shape index (κ1) is 22.5. The number of rotatable bonds is 9. The summed E-state index contributed by atoms with van der Waals surface area (Å²) in [7, 11) is 0. The smallest absolute Gasteiger partial charge is 0.247 e. The second kappa shape index (κ2) is 9.87. The third kappa shape index (κ3) is 5.59. The van der Waals surface area contributed by atoms with Crippen molar-refractivity contribution in [3.63, 3.8) is 0 Å². The molecular weight excluding hydrogens is 511 g/mol. The quantitative estimate of drug-likeness (QED) is 0.416. The summed E-state index contributed by atoms with van der Waals surface area (Å²) in [5.74, 6) is 0.926. The molecular formula is C23H29IN2O5. The van der Waals surface area contributed by atoms with Crippen LogP contribution in [0.15, 0.2) is 35.9 Å². The van der Waals surface area contributed by atoms with Crippen molar-refractivity contribution in [2.24, 2.45) is 11.8 Å². The number of ether oxygens (including phenoxy) is 1. The Morgan fingerprint density at radius 1 is 1.19 bits per heavy atom. The fraction of sp³-hybridized carbons (Fsp3) is 0.565. The highest BCUT2D eigenvalue weighted by Gasteiger charge is 2.45. The van der Waals surface area contributed by atoms with Gasteiger partial charge in [-0.1, -0.05) is 12.1 Å². The van der Waals surface area contributed by atoms with Gasteiger partial charge in [-0.25, -0.2) is 0 Å². The molecule has 0 saturated heterocycles. The molecule has 3 N–H and O–H groups in total. The monoisotopic (exact) mass is 540 g/mol. The molecule has 3 aliphatic rings. The second-order valence-corrected chi connectivity index (χ2v) is 9.82. The van der Waals surface area contributed by atoms with Crippen molar-refractivity contribution >= 4 is 34.4 Å². The number of carbonyl (C=O) groups is 2. The minimum Gasteiger partial charge on any atom is -0.482 e. The van der Waals surface area contributed by atoms with Gasteiger partial charge in [0.2, 0.25) is 11.8 Å². The van der Waals surface area contributed by atoms with E-state index >= 15 is 0 Å². The van der Waals surface area contributed by atoms with Crippen LogP contribution in [0.1, 0.15) is 32.1 Å². The third-order valence-electron chi connectivity index (χ3n) is 6.08. The number of aliphatic hydroxyl groups excluding tert-OH is 2. The number of para-hydroxylation sites is 1. The number of carbonyl (C=O) groups excluding carboxylic acids is 2. The summed E-state index contributed by atoms with van der Waals surface area (Å²) in [6, 6.07) is 6.99. The number of amides is 2. The Morgan fingerprint density at radius 2 is 1.94 bits per heavy atom. The van der Waals surface area contributed by atoms with Crippen LogP contribution in [0.4, 0.5) is 0 Å². The van der Waals surface area contributed by atoms with Crippen LogP contribution in [0, 0.1) is 15.4 Å². The Labute approximate surface area is 196 Å². The lowest BCUT2D eigenvalue weighted by atomic mass is 9.87. The molecule has 7 nitrogen and oxygen atoms in total. The number of halogens is 1. The fourth-order valence-corrected chi connectivity index (χ4v) is 4.51. The molecule has 8 heteroatoms. The fourth-order valence-electron chi connectivity index (χ4n) is 4.00. The number of benzene rings is 1. The standard InChI is InChI=1S/C23H29IN2O5/c24-17-3-1-2-4-19(17)31-20-12-16(22(29)25-9-10-27)11-18(21(20)28)26(13-14-5-6-14)23(30)15-7-8-15/h1-4,12,14-15,18,20-21,27-28H,5-11,13H2,(H,25,29)/t18-,20+,21+/m1/s1. The van der Waals surface area contributed by atoms with E-state index in [-0.39, 0.29) is 37.3 Å². The van der Waals surface area contributed by atoms with Gasteiger partial charge in [-0.15, -0.1) is 0 Å². The van der Waals surface area contributed by atoms with E-state index < -0.39 is 18.2 Å². The number of aliphatic hydroxyl groups is 2. The van der Waals surface area contributed by atoms with Crippen LogP contribution in [-0.4, -0.2) is 64.9 Å². The Kier molecular flexibility index (Phi) is 7.18. The van der Waals surface area contributed by atoms with Crippen LogP contribution in [0.25, 0.3) is 0 Å². The maximum Gasteiger partial charge on any atom is 0.247 e. The summed E-state index contributed by atoms with van der Waals surface area (Å²) in [6.07, 6.45) is 4.22. The SMILES string of the molecule is O=C(NCCO)C1=C[C@H](Oc2ccccc2I)[C@@H](O)[C@H](N(CC2CC2)C(=O)C2CC2)C1. The van der Waals surface area contributed by atoms with Crippen LogP contribution in [0.5, 0.6) is 5.75 Å². The summed E-state index contributed by atoms with van der Waals surface area (Å²) < 4.78 is 7.04. The summed E-state index contributed by atoms with van der Waals surface area (Å²) >= 11 is 2.17. The highest BCUT2D eigenvalue weighted by molar-refractivity contribution is 14.1. The molecule has 0 unspecified atom stereocenters. The van der Waals surface area contributed by atoms with Gasteiger partial charge < -0.3 is 25.2 Å². The molecule has 0 radical (unpaired) electrons. The average Bonchev–Trinajstić information content (AvgIpc) is 3.67. The molecule has 2 amide bonds. The van der Waals surface area contributed by atoms with E-state index in [0.29, 0.717) is 23.8 Å². The summed E-state index contributed by atoms with van der Waals surface area (Å²) in [6.45, 7) is 0.623. The molecule has 1 aromatic rings. The van der Waals surface area contributed by atoms with Crippen molar-refractivity contribution in [3.8, 4) is 5.75 Å². The lowest BCUT2D eigenvalue weighted by molar-refractivity contribution is -0.140. The number of hydrogen-bond donors (Lipinski definition) is 3. The first-order chi connectivity index (χ1) is 15.0. The van der Waals surface area contributed by atoms with E-state index in [1.54, 1.807) is 6.08 Å². The molecule has 4 rings (SSSR count). The van der Waals surface area contributed by atoms with Crippen LogP contribution < -0.4 is 10.1 Å². The molecule has 3 atom stereocenters. The summed E-state index contributed by atoms with van der Waals surface area (Å²) in [5, 5.41) is 23.0. The topological polar surface area (TPSA) is 99.1 Å². The zero-order valence-corrected chi connectivity index (χ0v) is 19.5.